The lowest BCUT2D eigenvalue weighted by molar-refractivity contribution is 0.0637. The van der Waals surface area contributed by atoms with Gasteiger partial charge in [0.05, 0.1) is 17.7 Å². The van der Waals surface area contributed by atoms with Crippen LogP contribution < -0.4 is 5.73 Å². The number of carbonyl (C=O) groups is 2. The minimum absolute atomic E-state index is 0.0856. The van der Waals surface area contributed by atoms with Gasteiger partial charge >= 0.3 is 0 Å². The molecule has 7 nitrogen and oxygen atoms in total. The molecule has 2 N–H and O–H groups in total. The van der Waals surface area contributed by atoms with Gasteiger partial charge in [-0.25, -0.2) is 0 Å². The first-order chi connectivity index (χ1) is 9.09. The third kappa shape index (κ3) is 1.59. The van der Waals surface area contributed by atoms with Crippen LogP contribution in [0, 0.1) is 0 Å². The highest BCUT2D eigenvalue weighted by Gasteiger charge is 2.37. The summed E-state index contributed by atoms with van der Waals surface area (Å²) >= 11 is 0. The lowest BCUT2D eigenvalue weighted by Crippen LogP contribution is -2.30. The quantitative estimate of drug-likeness (QED) is 0.612. The number of hydrogen-bond donors (Lipinski definition) is 1. The van der Waals surface area contributed by atoms with Crippen molar-refractivity contribution >= 4 is 17.5 Å². The maximum atomic E-state index is 12.2. The number of carbonyl (C=O) groups excluding carboxylic acids is 2. The molecule has 1 aromatic heterocycles. The van der Waals surface area contributed by atoms with Crippen LogP contribution in [0.4, 0.5) is 5.69 Å². The molecule has 0 bridgehead atoms. The van der Waals surface area contributed by atoms with E-state index in [2.05, 4.69) is 10.2 Å². The predicted molar refractivity (Wildman–Crippen MR) is 66.1 cm³/mol. The van der Waals surface area contributed by atoms with Crippen LogP contribution in [0.5, 0.6) is 0 Å². The van der Waals surface area contributed by atoms with Gasteiger partial charge in [-0.1, -0.05) is 6.07 Å². The van der Waals surface area contributed by atoms with E-state index in [1.807, 2.05) is 0 Å². The second-order valence-corrected chi connectivity index (χ2v) is 4.32. The summed E-state index contributed by atoms with van der Waals surface area (Å²) in [5.41, 5.74) is 6.69. The summed E-state index contributed by atoms with van der Waals surface area (Å²) in [5, 5.41) is 7.59. The Balaban J connectivity index is 1.99. The molecule has 2 heterocycles. The van der Waals surface area contributed by atoms with Crippen LogP contribution in [0.15, 0.2) is 24.5 Å². The zero-order valence-electron chi connectivity index (χ0n) is 10.2. The van der Waals surface area contributed by atoms with Crippen LogP contribution >= 0.6 is 0 Å². The molecule has 1 aliphatic heterocycles. The number of fused-ring (bicyclic) bond motifs is 1. The molecule has 0 saturated heterocycles. The molecule has 0 atom stereocenters. The lowest BCUT2D eigenvalue weighted by Gasteiger charge is -2.12. The Hall–Kier alpha value is -2.70. The summed E-state index contributed by atoms with van der Waals surface area (Å²) in [6.45, 7) is 0.0856. The fraction of sp³-hybridized carbons (Fsp3) is 0.167. The maximum Gasteiger partial charge on any atom is 0.264 e. The van der Waals surface area contributed by atoms with Crippen LogP contribution in [0.25, 0.3) is 0 Å². The van der Waals surface area contributed by atoms with E-state index in [-0.39, 0.29) is 23.9 Å². The van der Waals surface area contributed by atoms with Gasteiger partial charge in [-0.2, -0.15) is 0 Å². The number of aromatic nitrogens is 3. The number of amides is 2. The van der Waals surface area contributed by atoms with Gasteiger partial charge < -0.3 is 10.3 Å². The number of nitrogens with two attached hydrogens (primary N) is 1. The van der Waals surface area contributed by atoms with Crippen LogP contribution in [-0.2, 0) is 13.6 Å². The van der Waals surface area contributed by atoms with Gasteiger partial charge in [-0.3, -0.25) is 14.5 Å². The predicted octanol–water partition coefficient (Wildman–Crippen LogP) is 0.193. The fourth-order valence-corrected chi connectivity index (χ4v) is 2.09. The lowest BCUT2D eigenvalue weighted by atomic mass is 10.1. The molecule has 0 radical (unpaired) electrons. The number of rotatable bonds is 2. The number of nitrogen functional groups attached to an aromatic ring is 1. The van der Waals surface area contributed by atoms with Gasteiger partial charge in [0.1, 0.15) is 6.33 Å². The van der Waals surface area contributed by atoms with Crippen LogP contribution in [0.3, 0.4) is 0 Å². The first-order valence-corrected chi connectivity index (χ1v) is 5.67. The van der Waals surface area contributed by atoms with Crippen molar-refractivity contribution in [1.82, 2.24) is 19.7 Å². The standard InChI is InChI=1S/C12H11N5O2/c1-16-6-14-15-9(16)5-17-11(18)7-3-2-4-8(13)10(7)12(17)19/h2-4,6H,5,13H2,1H3. The molecule has 19 heavy (non-hydrogen) atoms. The second kappa shape index (κ2) is 3.91. The van der Waals surface area contributed by atoms with Gasteiger partial charge in [-0.15, -0.1) is 10.2 Å². The van der Waals surface area contributed by atoms with E-state index >= 15 is 0 Å². The molecule has 2 amide bonds. The van der Waals surface area contributed by atoms with Crippen LogP contribution in [0.1, 0.15) is 26.5 Å². The number of hydrogen-bond acceptors (Lipinski definition) is 5. The SMILES string of the molecule is Cn1cnnc1CN1C(=O)c2cccc(N)c2C1=O. The summed E-state index contributed by atoms with van der Waals surface area (Å²) in [5.74, 6) is -0.204. The minimum atomic E-state index is -0.388. The third-order valence-electron chi connectivity index (χ3n) is 3.14. The van der Waals surface area contributed by atoms with E-state index in [1.54, 1.807) is 29.8 Å². The summed E-state index contributed by atoms with van der Waals surface area (Å²) in [4.78, 5) is 25.6. The summed E-state index contributed by atoms with van der Waals surface area (Å²) in [6.07, 6.45) is 1.52. The highest BCUT2D eigenvalue weighted by atomic mass is 16.2. The minimum Gasteiger partial charge on any atom is -0.398 e. The van der Waals surface area contributed by atoms with Crippen LogP contribution in [0.2, 0.25) is 0 Å². The number of nitrogens with zero attached hydrogens (tertiary/aromatic N) is 4. The molecule has 0 saturated carbocycles. The van der Waals surface area contributed by atoms with Gasteiger partial charge in [0, 0.05) is 12.7 Å². The number of anilines is 1. The van der Waals surface area contributed by atoms with Gasteiger partial charge in [-0.05, 0) is 12.1 Å². The van der Waals surface area contributed by atoms with Crippen molar-refractivity contribution in [2.24, 2.45) is 7.05 Å². The Labute approximate surface area is 108 Å². The molecule has 0 fully saturated rings. The average molecular weight is 257 g/mol. The Morgan fingerprint density at radius 3 is 2.68 bits per heavy atom. The summed E-state index contributed by atoms with van der Waals surface area (Å²) < 4.78 is 1.66. The first kappa shape index (κ1) is 11.4. The molecule has 7 heteroatoms. The smallest absolute Gasteiger partial charge is 0.264 e. The van der Waals surface area contributed by atoms with Crippen molar-refractivity contribution in [3.05, 3.63) is 41.5 Å². The van der Waals surface area contributed by atoms with Crippen molar-refractivity contribution in [2.75, 3.05) is 5.73 Å². The van der Waals surface area contributed by atoms with Crippen molar-refractivity contribution in [1.29, 1.82) is 0 Å². The summed E-state index contributed by atoms with van der Waals surface area (Å²) in [7, 11) is 1.75. The number of imide groups is 1. The topological polar surface area (TPSA) is 94.1 Å². The van der Waals surface area contributed by atoms with Gasteiger partial charge in [0.25, 0.3) is 11.8 Å². The molecule has 1 aromatic carbocycles. The molecule has 0 aliphatic carbocycles. The molecule has 0 unspecified atom stereocenters. The molecular formula is C12H11N5O2. The van der Waals surface area contributed by atoms with Gasteiger partial charge in [0.15, 0.2) is 5.82 Å². The molecule has 2 aromatic rings. The molecule has 0 spiro atoms. The molecule has 3 rings (SSSR count). The van der Waals surface area contributed by atoms with Crippen molar-refractivity contribution < 1.29 is 9.59 Å². The normalized spacial score (nSPS) is 14.1. The Morgan fingerprint density at radius 2 is 2.05 bits per heavy atom. The highest BCUT2D eigenvalue weighted by molar-refractivity contribution is 6.23. The zero-order chi connectivity index (χ0) is 13.6. The monoisotopic (exact) mass is 257 g/mol. The third-order valence-corrected chi connectivity index (χ3v) is 3.14. The van der Waals surface area contributed by atoms with Crippen molar-refractivity contribution in [3.63, 3.8) is 0 Å². The fourth-order valence-electron chi connectivity index (χ4n) is 2.09. The van der Waals surface area contributed by atoms with E-state index in [0.717, 1.165) is 4.90 Å². The first-order valence-electron chi connectivity index (χ1n) is 5.67. The van der Waals surface area contributed by atoms with E-state index in [4.69, 9.17) is 5.73 Å². The zero-order valence-corrected chi connectivity index (χ0v) is 10.2. The van der Waals surface area contributed by atoms with E-state index in [0.29, 0.717) is 17.1 Å². The van der Waals surface area contributed by atoms with E-state index < -0.39 is 0 Å². The average Bonchev–Trinajstić information content (AvgIpc) is 2.88. The Bertz CT molecular complexity index is 691. The van der Waals surface area contributed by atoms with E-state index in [1.165, 1.54) is 6.33 Å². The van der Waals surface area contributed by atoms with Crippen molar-refractivity contribution in [2.45, 2.75) is 6.54 Å². The number of aryl methyl sites for hydroxylation is 1. The van der Waals surface area contributed by atoms with E-state index in [9.17, 15) is 9.59 Å². The summed E-state index contributed by atoms with van der Waals surface area (Å²) in [6, 6.07) is 4.86. The Kier molecular flexibility index (Phi) is 2.34. The number of benzene rings is 1. The second-order valence-electron chi connectivity index (χ2n) is 4.32. The Morgan fingerprint density at radius 1 is 1.26 bits per heavy atom. The molecule has 1 aliphatic rings. The molecular weight excluding hydrogens is 246 g/mol. The molecule has 96 valence electrons. The highest BCUT2D eigenvalue weighted by Crippen LogP contribution is 2.28. The van der Waals surface area contributed by atoms with Gasteiger partial charge in [0.2, 0.25) is 0 Å². The largest absolute Gasteiger partial charge is 0.398 e. The maximum absolute atomic E-state index is 12.2. The van der Waals surface area contributed by atoms with Crippen LogP contribution in [-0.4, -0.2) is 31.5 Å². The van der Waals surface area contributed by atoms with Crippen molar-refractivity contribution in [3.8, 4) is 0 Å².